The normalized spacial score (nSPS) is 28.1. The van der Waals surface area contributed by atoms with E-state index in [2.05, 4.69) is 26.1 Å². The number of ether oxygens (including phenoxy) is 1. The van der Waals surface area contributed by atoms with Crippen LogP contribution in [-0.2, 0) is 9.53 Å². The van der Waals surface area contributed by atoms with E-state index in [4.69, 9.17) is 4.74 Å². The Labute approximate surface area is 105 Å². The van der Waals surface area contributed by atoms with Crippen LogP contribution in [0.5, 0.6) is 0 Å². The molecule has 3 heteroatoms. The fourth-order valence-corrected chi connectivity index (χ4v) is 2.76. The van der Waals surface area contributed by atoms with Crippen molar-refractivity contribution in [3.8, 4) is 0 Å². The molecule has 3 nitrogen and oxygen atoms in total. The highest BCUT2D eigenvalue weighted by Crippen LogP contribution is 2.40. The Hall–Kier alpha value is -0.570. The van der Waals surface area contributed by atoms with Crippen LogP contribution in [0.1, 0.15) is 54.4 Å². The SMILES string of the molecule is CC1CC(C)(C)CC1NCC(=O)OC(C)(C)C. The zero-order valence-electron chi connectivity index (χ0n) is 12.1. The Morgan fingerprint density at radius 2 is 1.94 bits per heavy atom. The second kappa shape index (κ2) is 4.97. The first-order valence-electron chi connectivity index (χ1n) is 6.54. The highest BCUT2D eigenvalue weighted by molar-refractivity contribution is 5.72. The Morgan fingerprint density at radius 3 is 2.35 bits per heavy atom. The molecule has 0 aromatic heterocycles. The van der Waals surface area contributed by atoms with Crippen LogP contribution in [0.2, 0.25) is 0 Å². The van der Waals surface area contributed by atoms with Gasteiger partial charge in [0.25, 0.3) is 0 Å². The maximum absolute atomic E-state index is 11.6. The summed E-state index contributed by atoms with van der Waals surface area (Å²) in [5, 5.41) is 3.33. The van der Waals surface area contributed by atoms with Crippen LogP contribution < -0.4 is 5.32 Å². The molecule has 0 aromatic rings. The predicted octanol–water partition coefficient (Wildman–Crippen LogP) is 2.74. The van der Waals surface area contributed by atoms with E-state index in [1.165, 1.54) is 6.42 Å². The third-order valence-corrected chi connectivity index (χ3v) is 3.26. The number of carbonyl (C=O) groups is 1. The smallest absolute Gasteiger partial charge is 0.320 e. The molecule has 1 rings (SSSR count). The van der Waals surface area contributed by atoms with E-state index >= 15 is 0 Å². The van der Waals surface area contributed by atoms with Crippen molar-refractivity contribution in [3.63, 3.8) is 0 Å². The lowest BCUT2D eigenvalue weighted by Crippen LogP contribution is -2.38. The third-order valence-electron chi connectivity index (χ3n) is 3.26. The van der Waals surface area contributed by atoms with E-state index in [-0.39, 0.29) is 11.6 Å². The van der Waals surface area contributed by atoms with Crippen LogP contribution in [0.3, 0.4) is 0 Å². The summed E-state index contributed by atoms with van der Waals surface area (Å²) in [6.45, 7) is 12.8. The predicted molar refractivity (Wildman–Crippen MR) is 69.8 cm³/mol. The summed E-state index contributed by atoms with van der Waals surface area (Å²) in [4.78, 5) is 11.6. The number of nitrogens with one attached hydrogen (secondary N) is 1. The second-order valence-corrected chi connectivity index (χ2v) is 7.12. The first-order valence-corrected chi connectivity index (χ1v) is 6.54. The number of esters is 1. The van der Waals surface area contributed by atoms with E-state index < -0.39 is 0 Å². The topological polar surface area (TPSA) is 38.3 Å². The molecule has 0 aliphatic heterocycles. The highest BCUT2D eigenvalue weighted by atomic mass is 16.6. The summed E-state index contributed by atoms with van der Waals surface area (Å²) in [5.74, 6) is 0.474. The van der Waals surface area contributed by atoms with Gasteiger partial charge in [-0.15, -0.1) is 0 Å². The molecule has 0 spiro atoms. The monoisotopic (exact) mass is 241 g/mol. The molecule has 1 saturated carbocycles. The molecule has 100 valence electrons. The Balaban J connectivity index is 2.34. The molecule has 0 amide bonds. The van der Waals surface area contributed by atoms with Crippen molar-refractivity contribution in [1.29, 1.82) is 0 Å². The van der Waals surface area contributed by atoms with Crippen molar-refractivity contribution in [3.05, 3.63) is 0 Å². The zero-order chi connectivity index (χ0) is 13.3. The van der Waals surface area contributed by atoms with Crippen molar-refractivity contribution in [1.82, 2.24) is 5.32 Å². The number of carbonyl (C=O) groups excluding carboxylic acids is 1. The average molecular weight is 241 g/mol. The summed E-state index contributed by atoms with van der Waals surface area (Å²) >= 11 is 0. The van der Waals surface area contributed by atoms with Crippen LogP contribution in [0, 0.1) is 11.3 Å². The lowest BCUT2D eigenvalue weighted by atomic mass is 9.91. The van der Waals surface area contributed by atoms with Crippen LogP contribution in [0.15, 0.2) is 0 Å². The van der Waals surface area contributed by atoms with Gasteiger partial charge in [-0.1, -0.05) is 20.8 Å². The Bertz CT molecular complexity index is 278. The number of rotatable bonds is 3. The summed E-state index contributed by atoms with van der Waals surface area (Å²) in [7, 11) is 0. The quantitative estimate of drug-likeness (QED) is 0.772. The highest BCUT2D eigenvalue weighted by Gasteiger charge is 2.36. The Morgan fingerprint density at radius 1 is 1.35 bits per heavy atom. The minimum absolute atomic E-state index is 0.158. The van der Waals surface area contributed by atoms with Gasteiger partial charge in [0.15, 0.2) is 0 Å². The van der Waals surface area contributed by atoms with E-state index in [1.807, 2.05) is 20.8 Å². The first-order chi connectivity index (χ1) is 7.59. The molecule has 1 aliphatic carbocycles. The van der Waals surface area contributed by atoms with Crippen molar-refractivity contribution < 1.29 is 9.53 Å². The standard InChI is InChI=1S/C14H27NO2/c1-10-7-14(5,6)8-11(10)15-9-12(16)17-13(2,3)4/h10-11,15H,7-9H2,1-6H3. The van der Waals surface area contributed by atoms with Crippen molar-refractivity contribution in [2.45, 2.75) is 66.0 Å². The molecular weight excluding hydrogens is 214 g/mol. The van der Waals surface area contributed by atoms with Gasteiger partial charge in [-0.3, -0.25) is 4.79 Å². The van der Waals surface area contributed by atoms with Gasteiger partial charge in [0.1, 0.15) is 5.60 Å². The van der Waals surface area contributed by atoms with Crippen molar-refractivity contribution in [2.75, 3.05) is 6.54 Å². The fraction of sp³-hybridized carbons (Fsp3) is 0.929. The van der Waals surface area contributed by atoms with Crippen LogP contribution in [-0.4, -0.2) is 24.2 Å². The molecule has 1 fully saturated rings. The molecule has 2 atom stereocenters. The summed E-state index contributed by atoms with van der Waals surface area (Å²) in [5.41, 5.74) is 0.00431. The fourth-order valence-electron chi connectivity index (χ4n) is 2.76. The molecule has 0 saturated heterocycles. The van der Waals surface area contributed by atoms with E-state index in [9.17, 15) is 4.79 Å². The maximum atomic E-state index is 11.6. The van der Waals surface area contributed by atoms with Crippen molar-refractivity contribution >= 4 is 5.97 Å². The molecule has 0 bridgehead atoms. The summed E-state index contributed by atoms with van der Waals surface area (Å²) in [6.07, 6.45) is 2.36. The molecule has 1 aliphatic rings. The van der Waals surface area contributed by atoms with E-state index in [0.717, 1.165) is 6.42 Å². The lowest BCUT2D eigenvalue weighted by Gasteiger charge is -2.22. The summed E-state index contributed by atoms with van der Waals surface area (Å²) < 4.78 is 5.28. The van der Waals surface area contributed by atoms with Gasteiger partial charge in [0.05, 0.1) is 6.54 Å². The molecule has 2 unspecified atom stereocenters. The van der Waals surface area contributed by atoms with Crippen molar-refractivity contribution in [2.24, 2.45) is 11.3 Å². The van der Waals surface area contributed by atoms with Gasteiger partial charge in [0.2, 0.25) is 0 Å². The molecule has 0 heterocycles. The number of hydrogen-bond donors (Lipinski definition) is 1. The summed E-state index contributed by atoms with van der Waals surface area (Å²) in [6, 6.07) is 0.442. The second-order valence-electron chi connectivity index (χ2n) is 7.12. The zero-order valence-corrected chi connectivity index (χ0v) is 12.1. The number of hydrogen-bond acceptors (Lipinski definition) is 3. The molecular formula is C14H27NO2. The molecule has 0 radical (unpaired) electrons. The minimum Gasteiger partial charge on any atom is -0.459 e. The van der Waals surface area contributed by atoms with E-state index in [1.54, 1.807) is 0 Å². The van der Waals surface area contributed by atoms with Gasteiger partial charge in [-0.05, 0) is 44.9 Å². The largest absolute Gasteiger partial charge is 0.459 e. The van der Waals surface area contributed by atoms with Gasteiger partial charge < -0.3 is 10.1 Å². The van der Waals surface area contributed by atoms with Crippen LogP contribution >= 0.6 is 0 Å². The maximum Gasteiger partial charge on any atom is 0.320 e. The van der Waals surface area contributed by atoms with Gasteiger partial charge >= 0.3 is 5.97 Å². The van der Waals surface area contributed by atoms with Gasteiger partial charge in [-0.2, -0.15) is 0 Å². The third kappa shape index (κ3) is 5.07. The minimum atomic E-state index is -0.390. The van der Waals surface area contributed by atoms with Crippen LogP contribution in [0.25, 0.3) is 0 Å². The average Bonchev–Trinajstić information content (AvgIpc) is 2.33. The molecule has 0 aromatic carbocycles. The van der Waals surface area contributed by atoms with Gasteiger partial charge in [-0.25, -0.2) is 0 Å². The Kier molecular flexibility index (Phi) is 4.23. The molecule has 1 N–H and O–H groups in total. The van der Waals surface area contributed by atoms with E-state index in [0.29, 0.717) is 23.9 Å². The van der Waals surface area contributed by atoms with Crippen LogP contribution in [0.4, 0.5) is 0 Å². The van der Waals surface area contributed by atoms with Gasteiger partial charge in [0, 0.05) is 6.04 Å². The molecule has 17 heavy (non-hydrogen) atoms. The lowest BCUT2D eigenvalue weighted by molar-refractivity contribution is -0.153. The first kappa shape index (κ1) is 14.5.